The Labute approximate surface area is 147 Å². The summed E-state index contributed by atoms with van der Waals surface area (Å²) in [5, 5.41) is 12.9. The number of benzene rings is 1. The van der Waals surface area contributed by atoms with Crippen molar-refractivity contribution in [1.29, 1.82) is 0 Å². The Morgan fingerprint density at radius 3 is 2.71 bits per heavy atom. The van der Waals surface area contributed by atoms with E-state index in [0.717, 1.165) is 11.1 Å². The van der Waals surface area contributed by atoms with Gasteiger partial charge in [-0.3, -0.25) is 14.7 Å². The highest BCUT2D eigenvalue weighted by Crippen LogP contribution is 2.16. The minimum absolute atomic E-state index is 0.000278. The molecule has 2 rings (SSSR count). The highest BCUT2D eigenvalue weighted by molar-refractivity contribution is 6.30. The van der Waals surface area contributed by atoms with Gasteiger partial charge in [0, 0.05) is 30.5 Å². The molecule has 0 saturated heterocycles. The average Bonchev–Trinajstić information content (AvgIpc) is 2.56. The molecule has 0 fully saturated rings. The van der Waals surface area contributed by atoms with Gasteiger partial charge in [0.15, 0.2) is 0 Å². The van der Waals surface area contributed by atoms with Crippen molar-refractivity contribution in [3.05, 3.63) is 64.9 Å². The second-order valence-corrected chi connectivity index (χ2v) is 6.07. The Morgan fingerprint density at radius 1 is 1.33 bits per heavy atom. The molecule has 6 heteroatoms. The second-order valence-electron chi connectivity index (χ2n) is 5.64. The van der Waals surface area contributed by atoms with Crippen LogP contribution in [0.3, 0.4) is 0 Å². The number of nitrogens with one attached hydrogen (secondary N) is 1. The van der Waals surface area contributed by atoms with E-state index in [4.69, 9.17) is 11.6 Å². The van der Waals surface area contributed by atoms with E-state index in [9.17, 15) is 9.90 Å². The molecule has 1 unspecified atom stereocenters. The third-order valence-electron chi connectivity index (χ3n) is 3.66. The predicted octanol–water partition coefficient (Wildman–Crippen LogP) is 2.41. The maximum atomic E-state index is 12.3. The van der Waals surface area contributed by atoms with Gasteiger partial charge in [-0.05, 0) is 36.2 Å². The molecule has 1 aromatic heterocycles. The highest BCUT2D eigenvalue weighted by Gasteiger charge is 2.14. The molecule has 0 aliphatic heterocycles. The predicted molar refractivity (Wildman–Crippen MR) is 94.6 cm³/mol. The van der Waals surface area contributed by atoms with Crippen molar-refractivity contribution in [3.63, 3.8) is 0 Å². The van der Waals surface area contributed by atoms with Gasteiger partial charge in [-0.2, -0.15) is 0 Å². The molecule has 0 bridgehead atoms. The van der Waals surface area contributed by atoms with Gasteiger partial charge in [0.2, 0.25) is 5.91 Å². The van der Waals surface area contributed by atoms with Crippen LogP contribution in [0.1, 0.15) is 24.1 Å². The van der Waals surface area contributed by atoms with Crippen molar-refractivity contribution in [1.82, 2.24) is 15.2 Å². The fourth-order valence-electron chi connectivity index (χ4n) is 2.43. The molecule has 1 amide bonds. The maximum absolute atomic E-state index is 12.3. The first kappa shape index (κ1) is 18.4. The summed E-state index contributed by atoms with van der Waals surface area (Å²) in [6, 6.07) is 11.1. The SMILES string of the molecule is CC(NC(=O)CN(CCO)Cc1cccnc1)c1ccc(Cl)cc1. The number of hydrogen-bond donors (Lipinski definition) is 2. The molecule has 5 nitrogen and oxygen atoms in total. The van der Waals surface area contributed by atoms with Crippen LogP contribution in [-0.2, 0) is 11.3 Å². The normalized spacial score (nSPS) is 12.2. The summed E-state index contributed by atoms with van der Waals surface area (Å²) in [7, 11) is 0. The largest absolute Gasteiger partial charge is 0.395 e. The van der Waals surface area contributed by atoms with Gasteiger partial charge in [0.05, 0.1) is 19.2 Å². The summed E-state index contributed by atoms with van der Waals surface area (Å²) in [6.45, 7) is 3.14. The van der Waals surface area contributed by atoms with E-state index in [0.29, 0.717) is 18.1 Å². The molecule has 128 valence electrons. The first-order valence-electron chi connectivity index (χ1n) is 7.85. The maximum Gasteiger partial charge on any atom is 0.234 e. The monoisotopic (exact) mass is 347 g/mol. The van der Waals surface area contributed by atoms with Crippen molar-refractivity contribution in [3.8, 4) is 0 Å². The van der Waals surface area contributed by atoms with Gasteiger partial charge in [-0.25, -0.2) is 0 Å². The zero-order valence-corrected chi connectivity index (χ0v) is 14.4. The summed E-state index contributed by atoms with van der Waals surface area (Å²) in [5.41, 5.74) is 2.00. The number of amides is 1. The van der Waals surface area contributed by atoms with Crippen LogP contribution in [0.5, 0.6) is 0 Å². The van der Waals surface area contributed by atoms with Crippen LogP contribution in [0.2, 0.25) is 5.02 Å². The lowest BCUT2D eigenvalue weighted by atomic mass is 10.1. The molecule has 0 saturated carbocycles. The van der Waals surface area contributed by atoms with E-state index in [1.807, 2.05) is 36.1 Å². The number of pyridine rings is 1. The Balaban J connectivity index is 1.91. The highest BCUT2D eigenvalue weighted by atomic mass is 35.5. The Hall–Kier alpha value is -1.95. The van der Waals surface area contributed by atoms with Gasteiger partial charge < -0.3 is 10.4 Å². The first-order chi connectivity index (χ1) is 11.6. The molecular formula is C18H22ClN3O2. The lowest BCUT2D eigenvalue weighted by molar-refractivity contribution is -0.123. The number of carbonyl (C=O) groups is 1. The van der Waals surface area contributed by atoms with Crippen molar-refractivity contribution in [2.75, 3.05) is 19.7 Å². The summed E-state index contributed by atoms with van der Waals surface area (Å²) in [6.07, 6.45) is 3.47. The van der Waals surface area contributed by atoms with Crippen molar-refractivity contribution in [2.24, 2.45) is 0 Å². The first-order valence-corrected chi connectivity index (χ1v) is 8.23. The zero-order valence-electron chi connectivity index (χ0n) is 13.7. The van der Waals surface area contributed by atoms with Crippen molar-refractivity contribution < 1.29 is 9.90 Å². The van der Waals surface area contributed by atoms with Crippen LogP contribution in [0.25, 0.3) is 0 Å². The minimum Gasteiger partial charge on any atom is -0.395 e. The van der Waals surface area contributed by atoms with E-state index in [2.05, 4.69) is 10.3 Å². The molecule has 0 radical (unpaired) electrons. The molecule has 1 atom stereocenters. The number of aliphatic hydroxyl groups excluding tert-OH is 1. The molecule has 0 aliphatic rings. The number of carbonyl (C=O) groups excluding carboxylic acids is 1. The third kappa shape index (κ3) is 5.92. The Morgan fingerprint density at radius 2 is 2.08 bits per heavy atom. The van der Waals surface area contributed by atoms with Gasteiger partial charge >= 0.3 is 0 Å². The molecule has 0 aliphatic carbocycles. The minimum atomic E-state index is -0.107. The van der Waals surface area contributed by atoms with E-state index < -0.39 is 0 Å². The molecule has 24 heavy (non-hydrogen) atoms. The van der Waals surface area contributed by atoms with E-state index in [-0.39, 0.29) is 25.1 Å². The number of aromatic nitrogens is 1. The topological polar surface area (TPSA) is 65.5 Å². The summed E-state index contributed by atoms with van der Waals surface area (Å²) in [5.74, 6) is -0.0882. The molecule has 2 N–H and O–H groups in total. The quantitative estimate of drug-likeness (QED) is 0.769. The van der Waals surface area contributed by atoms with Crippen LogP contribution in [0.4, 0.5) is 0 Å². The van der Waals surface area contributed by atoms with Gasteiger partial charge in [0.1, 0.15) is 0 Å². The van der Waals surface area contributed by atoms with Crippen LogP contribution in [0.15, 0.2) is 48.8 Å². The van der Waals surface area contributed by atoms with E-state index in [1.54, 1.807) is 24.5 Å². The molecule has 0 spiro atoms. The van der Waals surface area contributed by atoms with Crippen LogP contribution < -0.4 is 5.32 Å². The fourth-order valence-corrected chi connectivity index (χ4v) is 2.56. The van der Waals surface area contributed by atoms with E-state index in [1.165, 1.54) is 0 Å². The number of halogens is 1. The number of nitrogens with zero attached hydrogens (tertiary/aromatic N) is 2. The third-order valence-corrected chi connectivity index (χ3v) is 3.91. The van der Waals surface area contributed by atoms with Crippen LogP contribution in [0, 0.1) is 0 Å². The lowest BCUT2D eigenvalue weighted by Crippen LogP contribution is -2.39. The van der Waals surface area contributed by atoms with Crippen molar-refractivity contribution in [2.45, 2.75) is 19.5 Å². The summed E-state index contributed by atoms with van der Waals surface area (Å²) in [4.78, 5) is 18.3. The molecule has 1 heterocycles. The second kappa shape index (κ2) is 9.37. The number of aliphatic hydroxyl groups is 1. The fraction of sp³-hybridized carbons (Fsp3) is 0.333. The molecule has 2 aromatic rings. The number of rotatable bonds is 8. The zero-order chi connectivity index (χ0) is 17.4. The Bertz CT molecular complexity index is 634. The Kier molecular flexibility index (Phi) is 7.18. The summed E-state index contributed by atoms with van der Waals surface area (Å²) < 4.78 is 0. The molecular weight excluding hydrogens is 326 g/mol. The van der Waals surface area contributed by atoms with Crippen molar-refractivity contribution >= 4 is 17.5 Å². The number of hydrogen-bond acceptors (Lipinski definition) is 4. The van der Waals surface area contributed by atoms with Gasteiger partial charge in [-0.1, -0.05) is 29.8 Å². The lowest BCUT2D eigenvalue weighted by Gasteiger charge is -2.22. The average molecular weight is 348 g/mol. The van der Waals surface area contributed by atoms with Gasteiger partial charge in [-0.15, -0.1) is 0 Å². The smallest absolute Gasteiger partial charge is 0.234 e. The summed E-state index contributed by atoms with van der Waals surface area (Å²) >= 11 is 5.88. The van der Waals surface area contributed by atoms with Crippen LogP contribution in [-0.4, -0.2) is 40.6 Å². The van der Waals surface area contributed by atoms with E-state index >= 15 is 0 Å². The van der Waals surface area contributed by atoms with Crippen LogP contribution >= 0.6 is 11.6 Å². The standard InChI is InChI=1S/C18H22ClN3O2/c1-14(16-4-6-17(19)7-5-16)21-18(24)13-22(9-10-23)12-15-3-2-8-20-11-15/h2-8,11,14,23H,9-10,12-13H2,1H3,(H,21,24). The van der Waals surface area contributed by atoms with Gasteiger partial charge in [0.25, 0.3) is 0 Å². The molecule has 1 aromatic carbocycles.